The van der Waals surface area contributed by atoms with Crippen LogP contribution in [0.2, 0.25) is 0 Å². The van der Waals surface area contributed by atoms with E-state index in [0.717, 1.165) is 25.7 Å². The fourth-order valence-corrected chi connectivity index (χ4v) is 5.38. The third-order valence-corrected chi connectivity index (χ3v) is 7.91. The highest BCUT2D eigenvalue weighted by atomic mass is 16.2. The van der Waals surface area contributed by atoms with E-state index in [-0.39, 0.29) is 17.8 Å². The van der Waals surface area contributed by atoms with E-state index in [1.165, 1.54) is 10.1 Å². The van der Waals surface area contributed by atoms with Crippen LogP contribution >= 0.6 is 0 Å². The van der Waals surface area contributed by atoms with Gasteiger partial charge < -0.3 is 26.2 Å². The van der Waals surface area contributed by atoms with Crippen molar-refractivity contribution in [1.29, 1.82) is 0 Å². The zero-order valence-electron chi connectivity index (χ0n) is 23.5. The Morgan fingerprint density at radius 2 is 1.74 bits per heavy atom. The number of anilines is 1. The Morgan fingerprint density at radius 3 is 2.31 bits per heavy atom. The Labute approximate surface area is 230 Å². The van der Waals surface area contributed by atoms with Crippen LogP contribution in [0.1, 0.15) is 45.6 Å². The monoisotopic (exact) mass is 538 g/mol. The molecular formula is C28H42N8O3. The quantitative estimate of drug-likeness (QED) is 0.483. The van der Waals surface area contributed by atoms with E-state index < -0.39 is 11.2 Å². The van der Waals surface area contributed by atoms with Crippen molar-refractivity contribution in [3.8, 4) is 5.69 Å². The summed E-state index contributed by atoms with van der Waals surface area (Å²) < 4.78 is 1.45. The predicted molar refractivity (Wildman–Crippen MR) is 152 cm³/mol. The third kappa shape index (κ3) is 7.03. The number of urea groups is 1. The minimum absolute atomic E-state index is 0.142. The third-order valence-electron chi connectivity index (χ3n) is 7.91. The number of nitrogens with one attached hydrogen (secondary N) is 1. The SMILES string of the molecule is CC(Cc1ccc(-n2ccc(NC(=O)N3CCN(C(=O)C(C)(C)N)CC3)nc2=O)cc1)N(C)[C@H]1CC[C@@H](N)C1. The van der Waals surface area contributed by atoms with Crippen LogP contribution in [0.3, 0.4) is 0 Å². The lowest BCUT2D eigenvalue weighted by Gasteiger charge is -2.37. The minimum atomic E-state index is -0.947. The zero-order valence-corrected chi connectivity index (χ0v) is 23.5. The molecule has 1 saturated carbocycles. The van der Waals surface area contributed by atoms with Gasteiger partial charge in [0, 0.05) is 50.5 Å². The normalized spacial score (nSPS) is 20.8. The van der Waals surface area contributed by atoms with Crippen molar-refractivity contribution in [3.05, 3.63) is 52.6 Å². The van der Waals surface area contributed by atoms with Crippen LogP contribution in [0.25, 0.3) is 5.69 Å². The number of likely N-dealkylation sites (N-methyl/N-ethyl adjacent to an activating group) is 1. The van der Waals surface area contributed by atoms with Crippen molar-refractivity contribution >= 4 is 17.8 Å². The first-order valence-corrected chi connectivity index (χ1v) is 13.7. The van der Waals surface area contributed by atoms with Gasteiger partial charge in [-0.1, -0.05) is 12.1 Å². The Hall–Kier alpha value is -3.28. The molecule has 1 saturated heterocycles. The molecule has 2 heterocycles. The molecule has 1 aromatic carbocycles. The van der Waals surface area contributed by atoms with Crippen LogP contribution < -0.4 is 22.5 Å². The maximum Gasteiger partial charge on any atom is 0.354 e. The number of nitrogens with zero attached hydrogens (tertiary/aromatic N) is 5. The summed E-state index contributed by atoms with van der Waals surface area (Å²) in [6.07, 6.45) is 5.82. The molecule has 0 spiro atoms. The van der Waals surface area contributed by atoms with Crippen LogP contribution in [0.15, 0.2) is 41.3 Å². The number of carbonyl (C=O) groups excluding carboxylic acids is 2. The molecule has 3 atom stereocenters. The Balaban J connectivity index is 1.32. The summed E-state index contributed by atoms with van der Waals surface area (Å²) in [5.41, 5.74) is 12.5. The van der Waals surface area contributed by atoms with E-state index in [2.05, 4.69) is 29.2 Å². The van der Waals surface area contributed by atoms with Crippen LogP contribution in [0.5, 0.6) is 0 Å². The van der Waals surface area contributed by atoms with Gasteiger partial charge in [-0.15, -0.1) is 0 Å². The lowest BCUT2D eigenvalue weighted by Crippen LogP contribution is -2.58. The van der Waals surface area contributed by atoms with Crippen LogP contribution in [0.4, 0.5) is 10.6 Å². The molecule has 0 radical (unpaired) electrons. The highest BCUT2D eigenvalue weighted by Gasteiger charge is 2.31. The summed E-state index contributed by atoms with van der Waals surface area (Å²) in [4.78, 5) is 47.6. The van der Waals surface area contributed by atoms with Crippen LogP contribution in [-0.2, 0) is 11.2 Å². The van der Waals surface area contributed by atoms with E-state index in [1.807, 2.05) is 24.3 Å². The number of amides is 3. The first-order valence-electron chi connectivity index (χ1n) is 13.7. The lowest BCUT2D eigenvalue weighted by molar-refractivity contribution is -0.137. The number of rotatable bonds is 7. The lowest BCUT2D eigenvalue weighted by atomic mass is 10.0. The van der Waals surface area contributed by atoms with Crippen molar-refractivity contribution in [3.63, 3.8) is 0 Å². The van der Waals surface area contributed by atoms with Gasteiger partial charge in [-0.2, -0.15) is 4.98 Å². The molecule has 39 heavy (non-hydrogen) atoms. The Kier molecular flexibility index (Phi) is 8.73. The van der Waals surface area contributed by atoms with Crippen molar-refractivity contribution in [2.24, 2.45) is 11.5 Å². The molecule has 4 rings (SSSR count). The highest BCUT2D eigenvalue weighted by molar-refractivity contribution is 5.89. The van der Waals surface area contributed by atoms with Gasteiger partial charge in [0.1, 0.15) is 5.82 Å². The standard InChI is InChI=1S/C28H42N8O3/c1-19(33(4)23-10-7-21(29)18-23)17-20-5-8-22(9-6-20)36-12-11-24(32-27(36)39)31-26(38)35-15-13-34(14-16-35)25(37)28(2,3)30/h5-6,8-9,11-12,19,21,23H,7,10,13-18,29-30H2,1-4H3,(H,31,32,38,39)/t19?,21-,23+/m1/s1. The number of nitrogens with two attached hydrogens (primary N) is 2. The molecule has 0 bridgehead atoms. The van der Waals surface area contributed by atoms with E-state index in [9.17, 15) is 14.4 Å². The van der Waals surface area contributed by atoms with Gasteiger partial charge in [-0.3, -0.25) is 14.7 Å². The molecule has 11 heteroatoms. The van der Waals surface area contributed by atoms with Gasteiger partial charge in [0.05, 0.1) is 11.2 Å². The number of aromatic nitrogens is 2. The average molecular weight is 539 g/mol. The zero-order chi connectivity index (χ0) is 28.3. The van der Waals surface area contributed by atoms with Crippen molar-refractivity contribution in [1.82, 2.24) is 24.3 Å². The number of hydrogen-bond donors (Lipinski definition) is 3. The highest BCUT2D eigenvalue weighted by Crippen LogP contribution is 2.24. The van der Waals surface area contributed by atoms with E-state index in [0.29, 0.717) is 50.0 Å². The predicted octanol–water partition coefficient (Wildman–Crippen LogP) is 1.39. The summed E-state index contributed by atoms with van der Waals surface area (Å²) in [5, 5.41) is 2.69. The van der Waals surface area contributed by atoms with Crippen molar-refractivity contribution in [2.45, 2.75) is 70.1 Å². The summed E-state index contributed by atoms with van der Waals surface area (Å²) in [7, 11) is 2.18. The van der Waals surface area contributed by atoms with Gasteiger partial charge in [0.2, 0.25) is 5.91 Å². The number of piperazine rings is 1. The summed E-state index contributed by atoms with van der Waals surface area (Å²) in [6, 6.07) is 10.4. The van der Waals surface area contributed by atoms with Crippen molar-refractivity contribution < 1.29 is 9.59 Å². The summed E-state index contributed by atoms with van der Waals surface area (Å²) in [5.74, 6) is 0.0416. The second-order valence-electron chi connectivity index (χ2n) is 11.5. The molecule has 3 amide bonds. The molecule has 2 aliphatic rings. The molecule has 11 nitrogen and oxygen atoms in total. The Bertz CT molecular complexity index is 1210. The summed E-state index contributed by atoms with van der Waals surface area (Å²) in [6.45, 7) is 7.14. The number of carbonyl (C=O) groups is 2. The number of benzene rings is 1. The smallest absolute Gasteiger partial charge is 0.338 e. The molecule has 2 fully saturated rings. The van der Waals surface area contributed by atoms with Crippen LogP contribution in [-0.4, -0.2) is 93.1 Å². The minimum Gasteiger partial charge on any atom is -0.338 e. The second kappa shape index (κ2) is 11.8. The van der Waals surface area contributed by atoms with E-state index in [4.69, 9.17) is 11.5 Å². The van der Waals surface area contributed by atoms with Gasteiger partial charge in [0.15, 0.2) is 0 Å². The average Bonchev–Trinajstić information content (AvgIpc) is 3.34. The molecule has 1 aromatic heterocycles. The molecule has 2 aromatic rings. The summed E-state index contributed by atoms with van der Waals surface area (Å²) >= 11 is 0. The molecule has 5 N–H and O–H groups in total. The topological polar surface area (TPSA) is 143 Å². The Morgan fingerprint density at radius 1 is 1.10 bits per heavy atom. The molecule has 1 unspecified atom stereocenters. The second-order valence-corrected chi connectivity index (χ2v) is 11.5. The molecule has 212 valence electrons. The first-order chi connectivity index (χ1) is 18.4. The van der Waals surface area contributed by atoms with Gasteiger partial charge in [0.25, 0.3) is 0 Å². The van der Waals surface area contributed by atoms with Crippen molar-refractivity contribution in [2.75, 3.05) is 38.5 Å². The largest absolute Gasteiger partial charge is 0.354 e. The number of hydrogen-bond acceptors (Lipinski definition) is 7. The van der Waals surface area contributed by atoms with Gasteiger partial charge >= 0.3 is 11.7 Å². The molecule has 1 aliphatic carbocycles. The molecule has 1 aliphatic heterocycles. The van der Waals surface area contributed by atoms with E-state index in [1.54, 1.807) is 35.9 Å². The van der Waals surface area contributed by atoms with Crippen LogP contribution in [0, 0.1) is 0 Å². The maximum absolute atomic E-state index is 12.7. The fourth-order valence-electron chi connectivity index (χ4n) is 5.38. The molecular weight excluding hydrogens is 496 g/mol. The first kappa shape index (κ1) is 28.7. The van der Waals surface area contributed by atoms with Gasteiger partial charge in [-0.25, -0.2) is 9.59 Å². The van der Waals surface area contributed by atoms with Gasteiger partial charge in [-0.05, 0) is 77.3 Å². The fraction of sp³-hybridized carbons (Fsp3) is 0.571. The maximum atomic E-state index is 12.7. The van der Waals surface area contributed by atoms with E-state index >= 15 is 0 Å².